The zero-order chi connectivity index (χ0) is 39.6. The molecule has 4 aromatic carbocycles. The molecule has 0 saturated carbocycles. The van der Waals surface area contributed by atoms with Crippen molar-refractivity contribution in [3.8, 4) is 22.6 Å². The average Bonchev–Trinajstić information content (AvgIpc) is 3.47. The van der Waals surface area contributed by atoms with Gasteiger partial charge in [-0.15, -0.1) is 0 Å². The zero-order valence-corrected chi connectivity index (χ0v) is 29.6. The molecule has 0 saturated heterocycles. The van der Waals surface area contributed by atoms with Gasteiger partial charge in [-0.25, -0.2) is 4.79 Å². The fourth-order valence-electron chi connectivity index (χ4n) is 6.24. The maximum atomic E-state index is 13.9. The normalized spacial score (nSPS) is 13.8. The van der Waals surface area contributed by atoms with Crippen molar-refractivity contribution in [2.45, 2.75) is 56.3 Å². The van der Waals surface area contributed by atoms with Crippen molar-refractivity contribution < 1.29 is 53.9 Å². The minimum atomic E-state index is -1.70. The minimum Gasteiger partial charge on any atom is -0.508 e. The third-order valence-corrected chi connectivity index (χ3v) is 9.08. The Morgan fingerprint density at radius 3 is 1.49 bits per heavy atom. The number of aliphatic carboxylic acids is 2. The molecule has 1 aliphatic carbocycles. The second-order valence-corrected chi connectivity index (χ2v) is 13.1. The number of rotatable bonds is 16. The number of nitrogens with one attached hydrogen (secondary N) is 4. The van der Waals surface area contributed by atoms with Crippen molar-refractivity contribution in [3.05, 3.63) is 119 Å². The Balaban J connectivity index is 1.33. The number of fused-ring (bicyclic) bond motifs is 3. The largest absolute Gasteiger partial charge is 0.508 e. The highest BCUT2D eigenvalue weighted by Crippen LogP contribution is 2.44. The van der Waals surface area contributed by atoms with E-state index < -0.39 is 66.3 Å². The van der Waals surface area contributed by atoms with Gasteiger partial charge in [-0.2, -0.15) is 0 Å². The number of phenols is 2. The van der Waals surface area contributed by atoms with E-state index in [1.54, 1.807) is 0 Å². The summed E-state index contributed by atoms with van der Waals surface area (Å²) in [5.74, 6) is -5.99. The van der Waals surface area contributed by atoms with Crippen LogP contribution in [0.1, 0.15) is 41.5 Å². The summed E-state index contributed by atoms with van der Waals surface area (Å²) in [6, 6.07) is 20.9. The average molecular weight is 753 g/mol. The number of carboxylic acid groups (broad SMARTS) is 2. The summed E-state index contributed by atoms with van der Waals surface area (Å²) in [5.41, 5.74) is 4.81. The molecule has 1 aliphatic rings. The molecule has 8 N–H and O–H groups in total. The van der Waals surface area contributed by atoms with Crippen LogP contribution in [0.5, 0.6) is 11.5 Å². The molecular formula is C40H40N4O11. The number of carboxylic acids is 2. The molecule has 4 atom stereocenters. The van der Waals surface area contributed by atoms with E-state index in [1.165, 1.54) is 55.5 Å². The molecule has 0 aromatic heterocycles. The van der Waals surface area contributed by atoms with E-state index in [0.717, 1.165) is 22.3 Å². The zero-order valence-electron chi connectivity index (χ0n) is 29.6. The van der Waals surface area contributed by atoms with Gasteiger partial charge >= 0.3 is 18.0 Å². The molecule has 0 spiro atoms. The minimum absolute atomic E-state index is 0.0485. The van der Waals surface area contributed by atoms with Crippen molar-refractivity contribution in [2.75, 3.05) is 6.61 Å². The van der Waals surface area contributed by atoms with Crippen LogP contribution in [0.25, 0.3) is 11.1 Å². The number of ether oxygens (including phenoxy) is 1. The second-order valence-electron chi connectivity index (χ2n) is 13.1. The Bertz CT molecular complexity index is 2010. The molecule has 4 aromatic rings. The van der Waals surface area contributed by atoms with E-state index >= 15 is 0 Å². The van der Waals surface area contributed by atoms with E-state index in [-0.39, 0.29) is 36.9 Å². The highest BCUT2D eigenvalue weighted by Gasteiger charge is 2.33. The fourth-order valence-corrected chi connectivity index (χ4v) is 6.24. The number of benzene rings is 4. The molecule has 15 heteroatoms. The van der Waals surface area contributed by atoms with Crippen molar-refractivity contribution in [1.29, 1.82) is 0 Å². The van der Waals surface area contributed by atoms with Gasteiger partial charge in [-0.1, -0.05) is 72.8 Å². The topological polar surface area (TPSA) is 241 Å². The number of carbonyl (C=O) groups is 6. The Kier molecular flexibility index (Phi) is 12.7. The summed E-state index contributed by atoms with van der Waals surface area (Å²) >= 11 is 0. The fraction of sp³-hybridized carbons (Fsp3) is 0.250. The quantitative estimate of drug-likeness (QED) is 0.0828. The van der Waals surface area contributed by atoms with Gasteiger partial charge in [-0.3, -0.25) is 24.0 Å². The molecule has 286 valence electrons. The molecule has 0 bridgehead atoms. The summed E-state index contributed by atoms with van der Waals surface area (Å²) in [4.78, 5) is 77.3. The first-order valence-corrected chi connectivity index (χ1v) is 17.3. The van der Waals surface area contributed by atoms with E-state index in [9.17, 15) is 49.2 Å². The van der Waals surface area contributed by atoms with E-state index in [2.05, 4.69) is 21.3 Å². The molecule has 0 fully saturated rings. The standard InChI is InChI=1S/C40H40N4O11/c1-22(39(52)53)41-36(49)32(18-23-10-14-25(45)15-11-23)42-37(50)33(19-24-12-16-26(46)17-13-24)43-38(51)34(20-35(47)48)44-40(54)55-21-31-29-8-4-2-6-27(29)28-7-3-5-9-30(28)31/h2-17,22,31-34,45-46H,18-21H2,1H3,(H,41,49)(H,42,50)(H,43,51)(H,44,54)(H,47,48)(H,52,53)/t22-,32-,33-,34-/m0/s1. The first-order chi connectivity index (χ1) is 26.3. The van der Waals surface area contributed by atoms with Crippen LogP contribution in [0.3, 0.4) is 0 Å². The third-order valence-electron chi connectivity index (χ3n) is 9.08. The molecule has 0 heterocycles. The Hall–Kier alpha value is -6.90. The lowest BCUT2D eigenvalue weighted by molar-refractivity contribution is -0.141. The van der Waals surface area contributed by atoms with Crippen LogP contribution in [-0.2, 0) is 41.6 Å². The SMILES string of the molecule is C[C@H](NC(=O)[C@H](Cc1ccc(O)cc1)NC(=O)[C@H](Cc1ccc(O)cc1)NC(=O)[C@H](CC(=O)O)NC(=O)OCC1c2ccccc2-c2ccccc21)C(=O)O. The van der Waals surface area contributed by atoms with Gasteiger partial charge in [0.05, 0.1) is 6.42 Å². The summed E-state index contributed by atoms with van der Waals surface area (Å²) in [5, 5.41) is 48.1. The van der Waals surface area contributed by atoms with Crippen LogP contribution >= 0.6 is 0 Å². The number of aromatic hydroxyl groups is 2. The van der Waals surface area contributed by atoms with Gasteiger partial charge in [0, 0.05) is 18.8 Å². The van der Waals surface area contributed by atoms with Gasteiger partial charge < -0.3 is 46.4 Å². The number of amides is 4. The molecular weight excluding hydrogens is 712 g/mol. The predicted octanol–water partition coefficient (Wildman–Crippen LogP) is 2.82. The van der Waals surface area contributed by atoms with Crippen LogP contribution in [0.4, 0.5) is 4.79 Å². The van der Waals surface area contributed by atoms with Gasteiger partial charge in [0.25, 0.3) is 0 Å². The van der Waals surface area contributed by atoms with Crippen LogP contribution in [-0.4, -0.2) is 87.0 Å². The number of hydrogen-bond donors (Lipinski definition) is 8. The molecule has 4 amide bonds. The van der Waals surface area contributed by atoms with E-state index in [0.29, 0.717) is 11.1 Å². The summed E-state index contributed by atoms with van der Waals surface area (Å²) < 4.78 is 5.52. The van der Waals surface area contributed by atoms with Crippen LogP contribution in [0, 0.1) is 0 Å². The van der Waals surface area contributed by atoms with Gasteiger partial charge in [0.2, 0.25) is 17.7 Å². The second kappa shape index (κ2) is 17.7. The lowest BCUT2D eigenvalue weighted by Gasteiger charge is -2.26. The molecule has 15 nitrogen and oxygen atoms in total. The van der Waals surface area contributed by atoms with Gasteiger partial charge in [-0.05, 0) is 64.6 Å². The summed E-state index contributed by atoms with van der Waals surface area (Å²) in [6.45, 7) is 1.12. The van der Waals surface area contributed by atoms with Crippen molar-refractivity contribution in [1.82, 2.24) is 21.3 Å². The van der Waals surface area contributed by atoms with Crippen LogP contribution in [0.15, 0.2) is 97.1 Å². The Labute approximate surface area is 315 Å². The molecule has 55 heavy (non-hydrogen) atoms. The predicted molar refractivity (Wildman–Crippen MR) is 197 cm³/mol. The Morgan fingerprint density at radius 2 is 1.04 bits per heavy atom. The van der Waals surface area contributed by atoms with Gasteiger partial charge in [0.15, 0.2) is 0 Å². The Morgan fingerprint density at radius 1 is 0.600 bits per heavy atom. The summed E-state index contributed by atoms with van der Waals surface area (Å²) in [7, 11) is 0. The number of alkyl carbamates (subject to hydrolysis) is 1. The number of phenolic OH excluding ortho intramolecular Hbond substituents is 2. The van der Waals surface area contributed by atoms with E-state index in [4.69, 9.17) is 4.74 Å². The van der Waals surface area contributed by atoms with Crippen molar-refractivity contribution in [3.63, 3.8) is 0 Å². The summed E-state index contributed by atoms with van der Waals surface area (Å²) in [6.07, 6.45) is -2.29. The van der Waals surface area contributed by atoms with E-state index in [1.807, 2.05) is 48.5 Å². The third kappa shape index (κ3) is 10.4. The van der Waals surface area contributed by atoms with Crippen molar-refractivity contribution >= 4 is 35.8 Å². The lowest BCUT2D eigenvalue weighted by Crippen LogP contribution is -2.58. The first kappa shape index (κ1) is 39.3. The lowest BCUT2D eigenvalue weighted by atomic mass is 9.98. The number of carbonyl (C=O) groups excluding carboxylic acids is 4. The van der Waals surface area contributed by atoms with Crippen LogP contribution in [0.2, 0.25) is 0 Å². The van der Waals surface area contributed by atoms with Crippen LogP contribution < -0.4 is 21.3 Å². The number of hydrogen-bond acceptors (Lipinski definition) is 9. The molecule has 0 radical (unpaired) electrons. The molecule has 0 aliphatic heterocycles. The van der Waals surface area contributed by atoms with Crippen molar-refractivity contribution in [2.24, 2.45) is 0 Å². The smallest absolute Gasteiger partial charge is 0.407 e. The highest BCUT2D eigenvalue weighted by atomic mass is 16.5. The monoisotopic (exact) mass is 752 g/mol. The first-order valence-electron chi connectivity index (χ1n) is 17.3. The molecule has 5 rings (SSSR count). The van der Waals surface area contributed by atoms with Gasteiger partial charge in [0.1, 0.15) is 42.3 Å². The maximum absolute atomic E-state index is 13.9. The maximum Gasteiger partial charge on any atom is 0.407 e. The molecule has 0 unspecified atom stereocenters. The highest BCUT2D eigenvalue weighted by molar-refractivity contribution is 5.96.